The van der Waals surface area contributed by atoms with Crippen LogP contribution < -0.4 is 0 Å². The second-order valence-corrected chi connectivity index (χ2v) is 9.34. The first kappa shape index (κ1) is 20.9. The molecule has 30 heavy (non-hydrogen) atoms. The molecule has 6 heteroatoms. The molecular weight excluding hydrogens is 378 g/mol. The molecule has 1 aromatic carbocycles. The number of nitrogens with zero attached hydrogens (tertiary/aromatic N) is 3. The lowest BCUT2D eigenvalue weighted by molar-refractivity contribution is 0.0512. The van der Waals surface area contributed by atoms with E-state index in [2.05, 4.69) is 14.9 Å². The number of aromatic nitrogens is 2. The number of aliphatic hydroxyl groups is 2. The molecule has 1 amide bonds. The van der Waals surface area contributed by atoms with E-state index in [1.165, 1.54) is 0 Å². The maximum atomic E-state index is 13.4. The van der Waals surface area contributed by atoms with Gasteiger partial charge in [-0.3, -0.25) is 14.8 Å². The first-order valence-electron chi connectivity index (χ1n) is 10.9. The maximum Gasteiger partial charge on any atom is 0.254 e. The zero-order chi connectivity index (χ0) is 21.4. The Hall–Kier alpha value is -2.31. The Bertz CT molecular complexity index is 865. The van der Waals surface area contributed by atoms with Crippen molar-refractivity contribution in [1.29, 1.82) is 0 Å². The van der Waals surface area contributed by atoms with Crippen LogP contribution in [0.4, 0.5) is 0 Å². The molecular formula is C24H31N3O3. The van der Waals surface area contributed by atoms with Gasteiger partial charge in [-0.15, -0.1) is 0 Å². The molecule has 0 atom stereocenters. The molecule has 0 aliphatic heterocycles. The summed E-state index contributed by atoms with van der Waals surface area (Å²) in [5.74, 6) is 0.0702. The van der Waals surface area contributed by atoms with Gasteiger partial charge in [0.15, 0.2) is 0 Å². The van der Waals surface area contributed by atoms with Gasteiger partial charge in [0.05, 0.1) is 17.9 Å². The molecule has 0 spiro atoms. The number of benzene rings is 1. The summed E-state index contributed by atoms with van der Waals surface area (Å²) in [6.07, 6.45) is 10.5. The van der Waals surface area contributed by atoms with Gasteiger partial charge >= 0.3 is 0 Å². The van der Waals surface area contributed by atoms with E-state index in [0.717, 1.165) is 49.8 Å². The topological polar surface area (TPSA) is 86.5 Å². The lowest BCUT2D eigenvalue weighted by Gasteiger charge is -2.42. The van der Waals surface area contributed by atoms with Crippen LogP contribution in [-0.4, -0.2) is 49.7 Å². The van der Waals surface area contributed by atoms with Crippen LogP contribution in [0.3, 0.4) is 0 Å². The van der Waals surface area contributed by atoms with Gasteiger partial charge in [0, 0.05) is 41.7 Å². The Morgan fingerprint density at radius 2 is 1.73 bits per heavy atom. The van der Waals surface area contributed by atoms with Crippen molar-refractivity contribution in [2.75, 3.05) is 6.61 Å². The predicted octanol–water partition coefficient (Wildman–Crippen LogP) is 3.18. The van der Waals surface area contributed by atoms with Crippen molar-refractivity contribution < 1.29 is 15.0 Å². The average molecular weight is 410 g/mol. The zero-order valence-corrected chi connectivity index (χ0v) is 17.8. The van der Waals surface area contributed by atoms with Crippen molar-refractivity contribution in [1.82, 2.24) is 14.9 Å². The third-order valence-corrected chi connectivity index (χ3v) is 6.73. The quantitative estimate of drug-likeness (QED) is 0.765. The molecule has 2 saturated carbocycles. The first-order chi connectivity index (χ1) is 14.3. The smallest absolute Gasteiger partial charge is 0.254 e. The van der Waals surface area contributed by atoms with E-state index in [4.69, 9.17) is 0 Å². The first-order valence-corrected chi connectivity index (χ1v) is 10.9. The molecule has 160 valence electrons. The molecule has 2 N–H and O–H groups in total. The fraction of sp³-hybridized carbons (Fsp3) is 0.542. The lowest BCUT2D eigenvalue weighted by Crippen LogP contribution is -2.47. The summed E-state index contributed by atoms with van der Waals surface area (Å²) in [6.45, 7) is 3.54. The van der Waals surface area contributed by atoms with Gasteiger partial charge in [0.1, 0.15) is 0 Å². The van der Waals surface area contributed by atoms with Crippen LogP contribution in [0.5, 0.6) is 0 Å². The van der Waals surface area contributed by atoms with Crippen LogP contribution in [0.15, 0.2) is 42.9 Å². The van der Waals surface area contributed by atoms with Crippen LogP contribution in [-0.2, 0) is 11.0 Å². The van der Waals surface area contributed by atoms with E-state index >= 15 is 0 Å². The number of hydrogen-bond acceptors (Lipinski definition) is 5. The van der Waals surface area contributed by atoms with Gasteiger partial charge in [-0.05, 0) is 70.1 Å². The van der Waals surface area contributed by atoms with E-state index in [9.17, 15) is 15.0 Å². The highest BCUT2D eigenvalue weighted by Gasteiger charge is 2.44. The van der Waals surface area contributed by atoms with Crippen molar-refractivity contribution in [2.24, 2.45) is 0 Å². The van der Waals surface area contributed by atoms with E-state index in [1.807, 2.05) is 24.3 Å². The predicted molar refractivity (Wildman–Crippen MR) is 114 cm³/mol. The minimum absolute atomic E-state index is 0.0498. The summed E-state index contributed by atoms with van der Waals surface area (Å²) in [4.78, 5) is 24.1. The largest absolute Gasteiger partial charge is 0.395 e. The fourth-order valence-electron chi connectivity index (χ4n) is 4.65. The highest BCUT2D eigenvalue weighted by molar-refractivity contribution is 5.95. The molecule has 2 aliphatic rings. The summed E-state index contributed by atoms with van der Waals surface area (Å²) >= 11 is 0. The van der Waals surface area contributed by atoms with Gasteiger partial charge < -0.3 is 15.1 Å². The molecule has 4 rings (SSSR count). The number of aliphatic hydroxyl groups excluding tert-OH is 1. The van der Waals surface area contributed by atoms with Gasteiger partial charge in [-0.1, -0.05) is 12.1 Å². The average Bonchev–Trinajstić information content (AvgIpc) is 3.60. The zero-order valence-electron chi connectivity index (χ0n) is 17.8. The highest BCUT2D eigenvalue weighted by atomic mass is 16.3. The second kappa shape index (κ2) is 8.08. The minimum Gasteiger partial charge on any atom is -0.395 e. The van der Waals surface area contributed by atoms with E-state index in [0.29, 0.717) is 11.6 Å². The molecule has 0 bridgehead atoms. The van der Waals surface area contributed by atoms with Gasteiger partial charge in [-0.2, -0.15) is 0 Å². The minimum atomic E-state index is -0.922. The summed E-state index contributed by atoms with van der Waals surface area (Å²) in [7, 11) is 0. The molecule has 1 aromatic heterocycles. The van der Waals surface area contributed by atoms with E-state index < -0.39 is 5.60 Å². The molecule has 6 nitrogen and oxygen atoms in total. The standard InChI is InChI=1S/C24H31N3O3/c1-23(2,30)18-5-3-17(4-6-18)22(29)27(19-7-8-19)20-9-11-24(16-28,12-10-20)21-15-25-13-14-26-21/h3-6,13-15,19-20,28,30H,7-12,16H2,1-2H3. The SMILES string of the molecule is CC(C)(O)c1ccc(C(=O)N(C2CC2)C2CCC(CO)(c3cnccn3)CC2)cc1. The van der Waals surface area contributed by atoms with E-state index in [-0.39, 0.29) is 24.0 Å². The summed E-state index contributed by atoms with van der Waals surface area (Å²) in [6, 6.07) is 7.81. The van der Waals surface area contributed by atoms with Crippen molar-refractivity contribution in [2.45, 2.75) is 75.5 Å². The fourth-order valence-corrected chi connectivity index (χ4v) is 4.65. The van der Waals surface area contributed by atoms with Gasteiger partial charge in [-0.25, -0.2) is 0 Å². The number of hydrogen-bond donors (Lipinski definition) is 2. The molecule has 1 heterocycles. The van der Waals surface area contributed by atoms with Crippen LogP contribution in [0.1, 0.15) is 74.0 Å². The summed E-state index contributed by atoms with van der Waals surface area (Å²) in [5.41, 5.74) is 1.03. The molecule has 2 aromatic rings. The van der Waals surface area contributed by atoms with Crippen molar-refractivity contribution in [3.05, 3.63) is 59.7 Å². The number of carbonyl (C=O) groups excluding carboxylic acids is 1. The summed E-state index contributed by atoms with van der Waals surface area (Å²) in [5, 5.41) is 20.3. The number of carbonyl (C=O) groups is 1. The van der Waals surface area contributed by atoms with Crippen molar-refractivity contribution >= 4 is 5.91 Å². The van der Waals surface area contributed by atoms with Crippen LogP contribution in [0, 0.1) is 0 Å². The van der Waals surface area contributed by atoms with Crippen LogP contribution in [0.25, 0.3) is 0 Å². The Balaban J connectivity index is 1.50. The molecule has 0 unspecified atom stereocenters. The number of amides is 1. The Morgan fingerprint density at radius 3 is 2.23 bits per heavy atom. The van der Waals surface area contributed by atoms with Crippen LogP contribution >= 0.6 is 0 Å². The lowest BCUT2D eigenvalue weighted by atomic mass is 9.70. The molecule has 0 saturated heterocycles. The number of rotatable bonds is 6. The monoisotopic (exact) mass is 409 g/mol. The third kappa shape index (κ3) is 4.12. The van der Waals surface area contributed by atoms with Gasteiger partial charge in [0.2, 0.25) is 0 Å². The Kier molecular flexibility index (Phi) is 5.64. The Morgan fingerprint density at radius 1 is 1.10 bits per heavy atom. The molecule has 0 radical (unpaired) electrons. The van der Waals surface area contributed by atoms with Crippen molar-refractivity contribution in [3.8, 4) is 0 Å². The molecule has 2 aliphatic carbocycles. The third-order valence-electron chi connectivity index (χ3n) is 6.73. The summed E-state index contributed by atoms with van der Waals surface area (Å²) < 4.78 is 0. The van der Waals surface area contributed by atoms with E-state index in [1.54, 1.807) is 32.4 Å². The second-order valence-electron chi connectivity index (χ2n) is 9.34. The van der Waals surface area contributed by atoms with Gasteiger partial charge in [0.25, 0.3) is 5.91 Å². The maximum absolute atomic E-state index is 13.4. The normalized spacial score (nSPS) is 24.5. The highest BCUT2D eigenvalue weighted by Crippen LogP contribution is 2.42. The van der Waals surface area contributed by atoms with Crippen molar-refractivity contribution in [3.63, 3.8) is 0 Å². The Labute approximate surface area is 178 Å². The van der Waals surface area contributed by atoms with Crippen LogP contribution in [0.2, 0.25) is 0 Å². The molecule has 2 fully saturated rings.